The first kappa shape index (κ1) is 14.4. The largest absolute Gasteiger partial charge is 0.369 e. The highest BCUT2D eigenvalue weighted by atomic mass is 15.2. The molecule has 1 aliphatic rings. The van der Waals surface area contributed by atoms with Crippen LogP contribution in [0.1, 0.15) is 51.5 Å². The molecule has 0 unspecified atom stereocenters. The SMILES string of the molecule is CC(C)CCN(c1ccc(CN)cc1)C1CCCC1. The number of hydrogen-bond acceptors (Lipinski definition) is 2. The minimum absolute atomic E-state index is 0.635. The maximum absolute atomic E-state index is 5.68. The lowest BCUT2D eigenvalue weighted by Crippen LogP contribution is -2.34. The van der Waals surface area contributed by atoms with E-state index >= 15 is 0 Å². The minimum Gasteiger partial charge on any atom is -0.369 e. The fraction of sp³-hybridized carbons (Fsp3) is 0.647. The average molecular weight is 260 g/mol. The fourth-order valence-corrected chi connectivity index (χ4v) is 2.96. The molecule has 2 nitrogen and oxygen atoms in total. The Morgan fingerprint density at radius 2 is 1.79 bits per heavy atom. The summed E-state index contributed by atoms with van der Waals surface area (Å²) < 4.78 is 0. The van der Waals surface area contributed by atoms with Gasteiger partial charge >= 0.3 is 0 Å². The van der Waals surface area contributed by atoms with Crippen molar-refractivity contribution >= 4 is 5.69 Å². The number of hydrogen-bond donors (Lipinski definition) is 1. The summed E-state index contributed by atoms with van der Waals surface area (Å²) in [5.41, 5.74) is 8.28. The maximum atomic E-state index is 5.68. The van der Waals surface area contributed by atoms with Crippen LogP contribution in [0.15, 0.2) is 24.3 Å². The molecule has 1 saturated carbocycles. The first-order chi connectivity index (χ1) is 9.20. The van der Waals surface area contributed by atoms with Crippen molar-refractivity contribution in [3.63, 3.8) is 0 Å². The molecule has 0 aliphatic heterocycles. The number of anilines is 1. The predicted molar refractivity (Wildman–Crippen MR) is 83.4 cm³/mol. The summed E-state index contributed by atoms with van der Waals surface area (Å²) in [6, 6.07) is 9.60. The first-order valence-electron chi connectivity index (χ1n) is 7.76. The molecular formula is C17H28N2. The molecule has 0 heterocycles. The summed E-state index contributed by atoms with van der Waals surface area (Å²) in [7, 11) is 0. The molecule has 2 rings (SSSR count). The monoisotopic (exact) mass is 260 g/mol. The van der Waals surface area contributed by atoms with Crippen LogP contribution in [0, 0.1) is 5.92 Å². The standard InChI is InChI=1S/C17H28N2/c1-14(2)11-12-19(16-5-3-4-6-16)17-9-7-15(13-18)8-10-17/h7-10,14,16H,3-6,11-13,18H2,1-2H3. The van der Waals surface area contributed by atoms with E-state index in [2.05, 4.69) is 43.0 Å². The van der Waals surface area contributed by atoms with Crippen molar-refractivity contribution in [2.75, 3.05) is 11.4 Å². The third-order valence-electron chi connectivity index (χ3n) is 4.22. The smallest absolute Gasteiger partial charge is 0.0368 e. The van der Waals surface area contributed by atoms with Gasteiger partial charge in [-0.2, -0.15) is 0 Å². The lowest BCUT2D eigenvalue weighted by molar-refractivity contribution is 0.528. The van der Waals surface area contributed by atoms with Crippen LogP contribution in [0.25, 0.3) is 0 Å². The van der Waals surface area contributed by atoms with E-state index in [1.807, 2.05) is 0 Å². The van der Waals surface area contributed by atoms with Gasteiger partial charge in [-0.15, -0.1) is 0 Å². The lowest BCUT2D eigenvalue weighted by atomic mass is 10.1. The normalized spacial score (nSPS) is 16.2. The molecule has 1 aliphatic carbocycles. The van der Waals surface area contributed by atoms with Crippen LogP contribution < -0.4 is 10.6 Å². The molecule has 0 saturated heterocycles. The van der Waals surface area contributed by atoms with Gasteiger partial charge in [-0.05, 0) is 42.9 Å². The quantitative estimate of drug-likeness (QED) is 0.839. The van der Waals surface area contributed by atoms with Gasteiger partial charge in [-0.25, -0.2) is 0 Å². The molecule has 2 N–H and O–H groups in total. The van der Waals surface area contributed by atoms with Crippen LogP contribution >= 0.6 is 0 Å². The fourth-order valence-electron chi connectivity index (χ4n) is 2.96. The Bertz CT molecular complexity index is 363. The molecule has 0 spiro atoms. The first-order valence-corrected chi connectivity index (χ1v) is 7.76. The molecule has 1 aromatic rings. The Balaban J connectivity index is 2.09. The van der Waals surface area contributed by atoms with Crippen molar-refractivity contribution in [1.82, 2.24) is 0 Å². The Morgan fingerprint density at radius 3 is 2.32 bits per heavy atom. The van der Waals surface area contributed by atoms with Crippen molar-refractivity contribution < 1.29 is 0 Å². The molecule has 0 radical (unpaired) electrons. The molecule has 0 bridgehead atoms. The van der Waals surface area contributed by atoms with Crippen molar-refractivity contribution in [2.24, 2.45) is 11.7 Å². The summed E-state index contributed by atoms with van der Waals surface area (Å²) >= 11 is 0. The number of benzene rings is 1. The molecule has 2 heteroatoms. The van der Waals surface area contributed by atoms with E-state index in [4.69, 9.17) is 5.73 Å². The van der Waals surface area contributed by atoms with Gasteiger partial charge in [-0.1, -0.05) is 38.8 Å². The minimum atomic E-state index is 0.635. The van der Waals surface area contributed by atoms with Crippen molar-refractivity contribution in [2.45, 2.75) is 58.5 Å². The van der Waals surface area contributed by atoms with E-state index in [0.29, 0.717) is 6.54 Å². The number of nitrogens with zero attached hydrogens (tertiary/aromatic N) is 1. The van der Waals surface area contributed by atoms with Crippen LogP contribution in [0.4, 0.5) is 5.69 Å². The second-order valence-electron chi connectivity index (χ2n) is 6.18. The Hall–Kier alpha value is -1.02. The molecule has 0 aromatic heterocycles. The Labute approximate surface area is 118 Å². The molecular weight excluding hydrogens is 232 g/mol. The van der Waals surface area contributed by atoms with Crippen LogP contribution in [0.5, 0.6) is 0 Å². The maximum Gasteiger partial charge on any atom is 0.0368 e. The van der Waals surface area contributed by atoms with E-state index in [1.165, 1.54) is 49.9 Å². The van der Waals surface area contributed by atoms with Gasteiger partial charge in [0.2, 0.25) is 0 Å². The van der Waals surface area contributed by atoms with E-state index in [1.54, 1.807) is 0 Å². The molecule has 1 aromatic carbocycles. The van der Waals surface area contributed by atoms with Gasteiger partial charge in [0.05, 0.1) is 0 Å². The highest BCUT2D eigenvalue weighted by molar-refractivity contribution is 5.48. The third kappa shape index (κ3) is 3.97. The third-order valence-corrected chi connectivity index (χ3v) is 4.22. The summed E-state index contributed by atoms with van der Waals surface area (Å²) in [5.74, 6) is 0.771. The summed E-state index contributed by atoms with van der Waals surface area (Å²) in [5, 5.41) is 0. The van der Waals surface area contributed by atoms with Gasteiger partial charge in [0.25, 0.3) is 0 Å². The molecule has 0 amide bonds. The van der Waals surface area contributed by atoms with Crippen LogP contribution in [0.3, 0.4) is 0 Å². The van der Waals surface area contributed by atoms with Gasteiger partial charge in [0.1, 0.15) is 0 Å². The molecule has 19 heavy (non-hydrogen) atoms. The van der Waals surface area contributed by atoms with Crippen molar-refractivity contribution in [1.29, 1.82) is 0 Å². The summed E-state index contributed by atoms with van der Waals surface area (Å²) in [4.78, 5) is 2.63. The second-order valence-corrected chi connectivity index (χ2v) is 6.18. The zero-order chi connectivity index (χ0) is 13.7. The second kappa shape index (κ2) is 6.95. The van der Waals surface area contributed by atoms with Gasteiger partial charge in [-0.3, -0.25) is 0 Å². The van der Waals surface area contributed by atoms with E-state index in [-0.39, 0.29) is 0 Å². The zero-order valence-electron chi connectivity index (χ0n) is 12.4. The Kier molecular flexibility index (Phi) is 5.26. The van der Waals surface area contributed by atoms with Gasteiger partial charge in [0.15, 0.2) is 0 Å². The lowest BCUT2D eigenvalue weighted by Gasteiger charge is -2.32. The van der Waals surface area contributed by atoms with E-state index in [0.717, 1.165) is 12.0 Å². The number of nitrogens with two attached hydrogens (primary N) is 1. The molecule has 1 fully saturated rings. The number of rotatable bonds is 6. The summed E-state index contributed by atoms with van der Waals surface area (Å²) in [6.07, 6.45) is 6.77. The summed E-state index contributed by atoms with van der Waals surface area (Å²) in [6.45, 7) is 6.44. The molecule has 0 atom stereocenters. The van der Waals surface area contributed by atoms with Crippen LogP contribution in [0.2, 0.25) is 0 Å². The Morgan fingerprint density at radius 1 is 1.16 bits per heavy atom. The molecule has 106 valence electrons. The van der Waals surface area contributed by atoms with Gasteiger partial charge in [0, 0.05) is 24.8 Å². The van der Waals surface area contributed by atoms with E-state index in [9.17, 15) is 0 Å². The zero-order valence-corrected chi connectivity index (χ0v) is 12.4. The van der Waals surface area contributed by atoms with Gasteiger partial charge < -0.3 is 10.6 Å². The van der Waals surface area contributed by atoms with Crippen LogP contribution in [-0.4, -0.2) is 12.6 Å². The topological polar surface area (TPSA) is 29.3 Å². The van der Waals surface area contributed by atoms with Crippen molar-refractivity contribution in [3.05, 3.63) is 29.8 Å². The van der Waals surface area contributed by atoms with E-state index < -0.39 is 0 Å². The van der Waals surface area contributed by atoms with Crippen molar-refractivity contribution in [3.8, 4) is 0 Å². The van der Waals surface area contributed by atoms with Crippen LogP contribution in [-0.2, 0) is 6.54 Å². The highest BCUT2D eigenvalue weighted by Gasteiger charge is 2.22. The average Bonchev–Trinajstić information content (AvgIpc) is 2.93. The predicted octanol–water partition coefficient (Wildman–Crippen LogP) is 3.94. The highest BCUT2D eigenvalue weighted by Crippen LogP contribution is 2.29.